The Balaban J connectivity index is 2.21. The number of nitro groups is 1. The Morgan fingerprint density at radius 3 is 2.45 bits per heavy atom. The molecule has 0 aliphatic heterocycles. The standard InChI is InChI=1S/C20H10Cl2N4O5/c21-12-2-4-13(5-3-12)25-19(27)16(10-23)15(18(24-25)20(28)29)7-1-11-9-14(26(30)31)6-8-17(11)22/h1-9H,(H,28,29)/b7-1-. The predicted molar refractivity (Wildman–Crippen MR) is 114 cm³/mol. The number of non-ortho nitro benzene ring substituents is 1. The minimum absolute atomic E-state index is 0.152. The number of hydrogen-bond acceptors (Lipinski definition) is 6. The van der Waals surface area contributed by atoms with Crippen molar-refractivity contribution in [3.8, 4) is 11.8 Å². The lowest BCUT2D eigenvalue weighted by Crippen LogP contribution is -2.28. The number of carboxylic acid groups (broad SMARTS) is 1. The van der Waals surface area contributed by atoms with E-state index in [1.54, 1.807) is 6.07 Å². The largest absolute Gasteiger partial charge is 0.476 e. The first-order chi connectivity index (χ1) is 14.7. The van der Waals surface area contributed by atoms with Crippen LogP contribution in [0.1, 0.15) is 27.2 Å². The molecule has 0 saturated carbocycles. The molecule has 0 fully saturated rings. The maximum Gasteiger partial charge on any atom is 0.357 e. The van der Waals surface area contributed by atoms with Gasteiger partial charge in [-0.25, -0.2) is 4.79 Å². The molecule has 0 radical (unpaired) electrons. The van der Waals surface area contributed by atoms with Gasteiger partial charge in [-0.3, -0.25) is 14.9 Å². The monoisotopic (exact) mass is 456 g/mol. The molecule has 0 saturated heterocycles. The van der Waals surface area contributed by atoms with Gasteiger partial charge in [0.25, 0.3) is 11.2 Å². The third kappa shape index (κ3) is 4.45. The van der Waals surface area contributed by atoms with Crippen LogP contribution in [0.5, 0.6) is 0 Å². The summed E-state index contributed by atoms with van der Waals surface area (Å²) in [6.07, 6.45) is 2.43. The fourth-order valence-electron chi connectivity index (χ4n) is 2.67. The summed E-state index contributed by atoms with van der Waals surface area (Å²) < 4.78 is 0.788. The molecule has 1 aromatic heterocycles. The maximum absolute atomic E-state index is 12.8. The number of aromatic carboxylic acids is 1. The lowest BCUT2D eigenvalue weighted by molar-refractivity contribution is -0.384. The van der Waals surface area contributed by atoms with Crippen LogP contribution in [0.15, 0.2) is 47.3 Å². The summed E-state index contributed by atoms with van der Waals surface area (Å²) in [5, 5.41) is 34.5. The first kappa shape index (κ1) is 21.7. The van der Waals surface area contributed by atoms with E-state index >= 15 is 0 Å². The maximum atomic E-state index is 12.8. The van der Waals surface area contributed by atoms with Crippen LogP contribution in [-0.2, 0) is 0 Å². The highest BCUT2D eigenvalue weighted by Crippen LogP contribution is 2.25. The average Bonchev–Trinajstić information content (AvgIpc) is 2.73. The van der Waals surface area contributed by atoms with Gasteiger partial charge in [0, 0.05) is 27.7 Å². The van der Waals surface area contributed by atoms with Crippen LogP contribution < -0.4 is 5.56 Å². The van der Waals surface area contributed by atoms with E-state index in [1.807, 2.05) is 0 Å². The lowest BCUT2D eigenvalue weighted by atomic mass is 10.1. The average molecular weight is 457 g/mol. The fourth-order valence-corrected chi connectivity index (χ4v) is 2.98. The molecule has 31 heavy (non-hydrogen) atoms. The molecular weight excluding hydrogens is 447 g/mol. The van der Waals surface area contributed by atoms with E-state index in [4.69, 9.17) is 23.2 Å². The minimum Gasteiger partial charge on any atom is -0.476 e. The number of benzene rings is 2. The van der Waals surface area contributed by atoms with Crippen molar-refractivity contribution in [3.63, 3.8) is 0 Å². The van der Waals surface area contributed by atoms with Crippen molar-refractivity contribution in [2.75, 3.05) is 0 Å². The third-order valence-electron chi connectivity index (χ3n) is 4.14. The van der Waals surface area contributed by atoms with Crippen LogP contribution in [0.4, 0.5) is 5.69 Å². The van der Waals surface area contributed by atoms with Crippen molar-refractivity contribution in [1.82, 2.24) is 9.78 Å². The molecule has 0 spiro atoms. The highest BCUT2D eigenvalue weighted by Gasteiger charge is 2.21. The van der Waals surface area contributed by atoms with Crippen molar-refractivity contribution in [2.24, 2.45) is 0 Å². The van der Waals surface area contributed by atoms with E-state index in [2.05, 4.69) is 5.10 Å². The number of nitriles is 1. The van der Waals surface area contributed by atoms with E-state index in [0.717, 1.165) is 10.8 Å². The van der Waals surface area contributed by atoms with Gasteiger partial charge < -0.3 is 5.11 Å². The molecule has 0 bridgehead atoms. The van der Waals surface area contributed by atoms with Crippen molar-refractivity contribution >= 4 is 47.0 Å². The van der Waals surface area contributed by atoms with Crippen molar-refractivity contribution in [1.29, 1.82) is 5.26 Å². The zero-order valence-electron chi connectivity index (χ0n) is 15.3. The summed E-state index contributed by atoms with van der Waals surface area (Å²) in [4.78, 5) is 35.0. The molecule has 0 aliphatic carbocycles. The number of nitrogens with zero attached hydrogens (tertiary/aromatic N) is 4. The van der Waals surface area contributed by atoms with E-state index in [0.29, 0.717) is 5.02 Å². The smallest absolute Gasteiger partial charge is 0.357 e. The second kappa shape index (κ2) is 8.79. The van der Waals surface area contributed by atoms with E-state index in [1.165, 1.54) is 48.5 Å². The Morgan fingerprint density at radius 2 is 1.87 bits per heavy atom. The Morgan fingerprint density at radius 1 is 1.19 bits per heavy atom. The molecule has 3 rings (SSSR count). The van der Waals surface area contributed by atoms with Gasteiger partial charge in [0.05, 0.1) is 10.6 Å². The molecule has 9 nitrogen and oxygen atoms in total. The summed E-state index contributed by atoms with van der Waals surface area (Å²) in [6, 6.07) is 11.2. The molecule has 154 valence electrons. The van der Waals surface area contributed by atoms with E-state index < -0.39 is 27.7 Å². The SMILES string of the molecule is N#Cc1c(/C=C\c2cc([N+](=O)[O-])ccc2Cl)c(C(=O)O)nn(-c2ccc(Cl)cc2)c1=O. The molecule has 0 amide bonds. The van der Waals surface area contributed by atoms with Gasteiger partial charge in [0.15, 0.2) is 5.69 Å². The molecule has 0 atom stereocenters. The quantitative estimate of drug-likeness (QED) is 0.448. The number of carbonyl (C=O) groups is 1. The lowest BCUT2D eigenvalue weighted by Gasteiger charge is -2.10. The second-order valence-corrected chi connectivity index (χ2v) is 6.89. The van der Waals surface area contributed by atoms with E-state index in [-0.39, 0.29) is 27.5 Å². The van der Waals surface area contributed by atoms with Gasteiger partial charge in [-0.15, -0.1) is 0 Å². The molecule has 3 aromatic rings. The topological polar surface area (TPSA) is 139 Å². The number of halogens is 2. The summed E-state index contributed by atoms with van der Waals surface area (Å²) in [7, 11) is 0. The molecule has 11 heteroatoms. The molecule has 0 aliphatic rings. The number of carboxylic acids is 1. The zero-order valence-corrected chi connectivity index (χ0v) is 16.8. The van der Waals surface area contributed by atoms with Crippen LogP contribution in [0.3, 0.4) is 0 Å². The summed E-state index contributed by atoms with van der Waals surface area (Å²) in [5.41, 5.74) is -1.97. The zero-order chi connectivity index (χ0) is 22.7. The van der Waals surface area contributed by atoms with Crippen molar-refractivity contribution in [2.45, 2.75) is 0 Å². The van der Waals surface area contributed by atoms with Gasteiger partial charge in [0.1, 0.15) is 11.6 Å². The van der Waals surface area contributed by atoms with Gasteiger partial charge >= 0.3 is 5.97 Å². The van der Waals surface area contributed by atoms with Gasteiger partial charge in [-0.1, -0.05) is 35.4 Å². The van der Waals surface area contributed by atoms with Crippen LogP contribution in [0.2, 0.25) is 10.0 Å². The summed E-state index contributed by atoms with van der Waals surface area (Å²) in [5.74, 6) is -1.48. The van der Waals surface area contributed by atoms with E-state index in [9.17, 15) is 30.1 Å². The molecule has 1 N–H and O–H groups in total. The Labute approximate surface area is 184 Å². The highest BCUT2D eigenvalue weighted by molar-refractivity contribution is 6.32. The Kier molecular flexibility index (Phi) is 6.15. The summed E-state index contributed by atoms with van der Waals surface area (Å²) >= 11 is 11.9. The van der Waals surface area contributed by atoms with Gasteiger partial charge in [-0.2, -0.15) is 15.0 Å². The number of hydrogen-bond donors (Lipinski definition) is 1. The van der Waals surface area contributed by atoms with Crippen LogP contribution in [0, 0.1) is 21.4 Å². The number of aromatic nitrogens is 2. The fraction of sp³-hybridized carbons (Fsp3) is 0. The van der Waals surface area contributed by atoms with Crippen molar-refractivity contribution < 1.29 is 14.8 Å². The minimum atomic E-state index is -1.48. The van der Waals surface area contributed by atoms with Gasteiger partial charge in [-0.05, 0) is 35.9 Å². The molecule has 2 aromatic carbocycles. The van der Waals surface area contributed by atoms with Gasteiger partial charge in [0.2, 0.25) is 0 Å². The number of rotatable bonds is 5. The van der Waals surface area contributed by atoms with Crippen LogP contribution >= 0.6 is 23.2 Å². The molecule has 1 heterocycles. The predicted octanol–water partition coefficient (Wildman–Crippen LogP) is 4.19. The first-order valence-corrected chi connectivity index (χ1v) is 9.17. The van der Waals surface area contributed by atoms with Crippen LogP contribution in [-0.4, -0.2) is 25.8 Å². The van der Waals surface area contributed by atoms with Crippen LogP contribution in [0.25, 0.3) is 17.8 Å². The molecular formula is C20H10Cl2N4O5. The first-order valence-electron chi connectivity index (χ1n) is 8.41. The Hall–Kier alpha value is -4.00. The molecule has 0 unspecified atom stereocenters. The third-order valence-corrected chi connectivity index (χ3v) is 4.73. The number of nitro benzene ring substituents is 1. The second-order valence-electron chi connectivity index (χ2n) is 6.04. The highest BCUT2D eigenvalue weighted by atomic mass is 35.5. The normalized spacial score (nSPS) is 10.7. The summed E-state index contributed by atoms with van der Waals surface area (Å²) in [6.45, 7) is 0. The van der Waals surface area contributed by atoms with Crippen molar-refractivity contribution in [3.05, 3.63) is 95.4 Å². The Bertz CT molecular complexity index is 1340.